The zero-order valence-electron chi connectivity index (χ0n) is 16.8. The minimum Gasteiger partial charge on any atom is -0.444 e. The molecule has 1 aliphatic heterocycles. The SMILES string of the molecule is CCCCNC(=NCC1CCN(Cc2nc(C)c(C)o2)CC1)NCC.I. The van der Waals surface area contributed by atoms with Crippen molar-refractivity contribution in [1.29, 1.82) is 0 Å². The monoisotopic (exact) mass is 477 g/mol. The topological polar surface area (TPSA) is 65.7 Å². The van der Waals surface area contributed by atoms with E-state index in [9.17, 15) is 0 Å². The maximum Gasteiger partial charge on any atom is 0.208 e. The van der Waals surface area contributed by atoms with Crippen LogP contribution in [0.15, 0.2) is 9.41 Å². The number of halogens is 1. The van der Waals surface area contributed by atoms with Gasteiger partial charge in [0.1, 0.15) is 5.76 Å². The van der Waals surface area contributed by atoms with Gasteiger partial charge in [-0.05, 0) is 59.0 Å². The highest BCUT2D eigenvalue weighted by Crippen LogP contribution is 2.20. The quantitative estimate of drug-likeness (QED) is 0.260. The van der Waals surface area contributed by atoms with Crippen LogP contribution in [0.3, 0.4) is 0 Å². The molecule has 1 aromatic rings. The molecule has 0 aromatic carbocycles. The van der Waals surface area contributed by atoms with Gasteiger partial charge in [0.15, 0.2) is 5.96 Å². The van der Waals surface area contributed by atoms with E-state index in [1.54, 1.807) is 0 Å². The third-order valence-corrected chi connectivity index (χ3v) is 4.81. The molecule has 6 nitrogen and oxygen atoms in total. The highest BCUT2D eigenvalue weighted by Gasteiger charge is 2.20. The first-order valence-electron chi connectivity index (χ1n) is 9.79. The van der Waals surface area contributed by atoms with Gasteiger partial charge in [0.2, 0.25) is 5.89 Å². The van der Waals surface area contributed by atoms with Gasteiger partial charge in [-0.3, -0.25) is 9.89 Å². The number of aryl methyl sites for hydroxylation is 2. The number of rotatable bonds is 8. The highest BCUT2D eigenvalue weighted by atomic mass is 127. The van der Waals surface area contributed by atoms with E-state index in [1.165, 1.54) is 25.7 Å². The summed E-state index contributed by atoms with van der Waals surface area (Å²) in [7, 11) is 0. The van der Waals surface area contributed by atoms with Gasteiger partial charge in [0.05, 0.1) is 12.2 Å². The lowest BCUT2D eigenvalue weighted by atomic mass is 9.97. The molecule has 1 aromatic heterocycles. The van der Waals surface area contributed by atoms with Crippen molar-refractivity contribution in [2.75, 3.05) is 32.7 Å². The number of hydrogen-bond donors (Lipinski definition) is 2. The largest absolute Gasteiger partial charge is 0.444 e. The summed E-state index contributed by atoms with van der Waals surface area (Å²) in [6.45, 7) is 14.1. The molecule has 0 spiro atoms. The van der Waals surface area contributed by atoms with Gasteiger partial charge in [0, 0.05) is 19.6 Å². The molecule has 0 aliphatic carbocycles. The number of hydrogen-bond acceptors (Lipinski definition) is 4. The Morgan fingerprint density at radius 1 is 1.23 bits per heavy atom. The molecule has 7 heteroatoms. The molecule has 0 saturated carbocycles. The van der Waals surface area contributed by atoms with Gasteiger partial charge < -0.3 is 15.1 Å². The Kier molecular flexibility index (Phi) is 11.2. The minimum absolute atomic E-state index is 0. The predicted octanol–water partition coefficient (Wildman–Crippen LogP) is 3.48. The van der Waals surface area contributed by atoms with E-state index in [0.717, 1.165) is 62.6 Å². The second kappa shape index (κ2) is 12.5. The average Bonchev–Trinajstić information content (AvgIpc) is 2.91. The van der Waals surface area contributed by atoms with Gasteiger partial charge in [0.25, 0.3) is 0 Å². The summed E-state index contributed by atoms with van der Waals surface area (Å²) in [5, 5.41) is 6.76. The molecule has 150 valence electrons. The molecule has 0 amide bonds. The molecule has 1 aliphatic rings. The lowest BCUT2D eigenvalue weighted by Gasteiger charge is -2.30. The van der Waals surface area contributed by atoms with Crippen molar-refractivity contribution in [3.8, 4) is 0 Å². The van der Waals surface area contributed by atoms with Crippen molar-refractivity contribution in [2.24, 2.45) is 10.9 Å². The number of aromatic nitrogens is 1. The molecule has 1 fully saturated rings. The summed E-state index contributed by atoms with van der Waals surface area (Å²) >= 11 is 0. The number of guanidine groups is 1. The summed E-state index contributed by atoms with van der Waals surface area (Å²) in [6, 6.07) is 0. The Hall–Kier alpha value is -0.830. The van der Waals surface area contributed by atoms with E-state index in [-0.39, 0.29) is 24.0 Å². The van der Waals surface area contributed by atoms with E-state index < -0.39 is 0 Å². The first-order chi connectivity index (χ1) is 12.1. The Morgan fingerprint density at radius 2 is 1.96 bits per heavy atom. The number of piperidine rings is 1. The Labute approximate surface area is 175 Å². The minimum atomic E-state index is 0. The average molecular weight is 477 g/mol. The van der Waals surface area contributed by atoms with Crippen LogP contribution in [0.2, 0.25) is 0 Å². The number of nitrogens with one attached hydrogen (secondary N) is 2. The van der Waals surface area contributed by atoms with Gasteiger partial charge >= 0.3 is 0 Å². The van der Waals surface area contributed by atoms with Crippen LogP contribution in [-0.2, 0) is 6.54 Å². The molecule has 0 bridgehead atoms. The standard InChI is InChI=1S/C19H35N5O.HI/c1-5-7-10-21-19(20-6-2)22-13-17-8-11-24(12-9-17)14-18-23-15(3)16(4)25-18;/h17H,5-14H2,1-4H3,(H2,20,21,22);1H. The molecule has 2 heterocycles. The Balaban J connectivity index is 0.00000338. The number of likely N-dealkylation sites (tertiary alicyclic amines) is 1. The van der Waals surface area contributed by atoms with Crippen molar-refractivity contribution in [3.05, 3.63) is 17.3 Å². The molecule has 2 N–H and O–H groups in total. The Bertz CT molecular complexity index is 519. The van der Waals surface area contributed by atoms with Crippen LogP contribution >= 0.6 is 24.0 Å². The third-order valence-electron chi connectivity index (χ3n) is 4.81. The van der Waals surface area contributed by atoms with Gasteiger partial charge in [-0.2, -0.15) is 0 Å². The van der Waals surface area contributed by atoms with Gasteiger partial charge in [-0.25, -0.2) is 4.98 Å². The predicted molar refractivity (Wildman–Crippen MR) is 118 cm³/mol. The van der Waals surface area contributed by atoms with E-state index in [2.05, 4.69) is 34.4 Å². The lowest BCUT2D eigenvalue weighted by Crippen LogP contribution is -2.39. The van der Waals surface area contributed by atoms with Crippen molar-refractivity contribution >= 4 is 29.9 Å². The van der Waals surface area contributed by atoms with Crippen LogP contribution in [0.1, 0.15) is 56.9 Å². The molecule has 26 heavy (non-hydrogen) atoms. The van der Waals surface area contributed by atoms with E-state index in [4.69, 9.17) is 9.41 Å². The number of aliphatic imine (C=N–C) groups is 1. The summed E-state index contributed by atoms with van der Waals surface area (Å²) < 4.78 is 5.71. The number of unbranched alkanes of at least 4 members (excludes halogenated alkanes) is 1. The molecule has 1 saturated heterocycles. The molecule has 0 atom stereocenters. The summed E-state index contributed by atoms with van der Waals surface area (Å²) in [4.78, 5) is 11.7. The van der Waals surface area contributed by atoms with Crippen LogP contribution in [0.25, 0.3) is 0 Å². The van der Waals surface area contributed by atoms with Gasteiger partial charge in [-0.15, -0.1) is 24.0 Å². The maximum atomic E-state index is 5.71. The van der Waals surface area contributed by atoms with Gasteiger partial charge in [-0.1, -0.05) is 13.3 Å². The molecule has 0 unspecified atom stereocenters. The number of nitrogens with zero attached hydrogens (tertiary/aromatic N) is 3. The summed E-state index contributed by atoms with van der Waals surface area (Å²) in [5.74, 6) is 3.42. The van der Waals surface area contributed by atoms with E-state index in [1.807, 2.05) is 13.8 Å². The highest BCUT2D eigenvalue weighted by molar-refractivity contribution is 14.0. The second-order valence-corrected chi connectivity index (χ2v) is 6.97. The zero-order chi connectivity index (χ0) is 18.1. The number of oxazole rings is 1. The fraction of sp³-hybridized carbons (Fsp3) is 0.789. The fourth-order valence-corrected chi connectivity index (χ4v) is 3.07. The first kappa shape index (κ1) is 23.2. The second-order valence-electron chi connectivity index (χ2n) is 6.97. The summed E-state index contributed by atoms with van der Waals surface area (Å²) in [5.41, 5.74) is 1.01. The molecular formula is C19H36IN5O. The molecule has 2 rings (SSSR count). The summed E-state index contributed by atoms with van der Waals surface area (Å²) in [6.07, 6.45) is 4.77. The van der Waals surface area contributed by atoms with Crippen LogP contribution in [0.5, 0.6) is 0 Å². The van der Waals surface area contributed by atoms with Crippen molar-refractivity contribution in [1.82, 2.24) is 20.5 Å². The fourth-order valence-electron chi connectivity index (χ4n) is 3.07. The van der Waals surface area contributed by atoms with Crippen LogP contribution in [0.4, 0.5) is 0 Å². The third kappa shape index (κ3) is 7.82. The molecular weight excluding hydrogens is 441 g/mol. The normalized spacial score (nSPS) is 16.4. The smallest absolute Gasteiger partial charge is 0.208 e. The van der Waals surface area contributed by atoms with Crippen molar-refractivity contribution in [3.63, 3.8) is 0 Å². The van der Waals surface area contributed by atoms with Crippen LogP contribution in [-0.4, -0.2) is 48.6 Å². The van der Waals surface area contributed by atoms with Crippen molar-refractivity contribution in [2.45, 2.75) is 59.9 Å². The zero-order valence-corrected chi connectivity index (χ0v) is 19.1. The van der Waals surface area contributed by atoms with E-state index in [0.29, 0.717) is 5.92 Å². The lowest BCUT2D eigenvalue weighted by molar-refractivity contribution is 0.166. The Morgan fingerprint density at radius 3 is 2.54 bits per heavy atom. The van der Waals surface area contributed by atoms with Crippen LogP contribution < -0.4 is 10.6 Å². The maximum absolute atomic E-state index is 5.71. The first-order valence-corrected chi connectivity index (χ1v) is 9.79. The van der Waals surface area contributed by atoms with Crippen molar-refractivity contribution < 1.29 is 4.42 Å². The van der Waals surface area contributed by atoms with E-state index >= 15 is 0 Å². The van der Waals surface area contributed by atoms with Crippen LogP contribution in [0, 0.1) is 19.8 Å². The molecule has 0 radical (unpaired) electrons.